The molecule has 6 aliphatic rings. The fourth-order valence-electron chi connectivity index (χ4n) is 8.01. The van der Waals surface area contributed by atoms with Gasteiger partial charge in [0.15, 0.2) is 0 Å². The topological polar surface area (TPSA) is 38.7 Å². The molecule has 3 fully saturated rings. The Balaban J connectivity index is 1.48. The van der Waals surface area contributed by atoms with Gasteiger partial charge in [-0.15, -0.1) is 0 Å². The van der Waals surface area contributed by atoms with Crippen LogP contribution in [0.1, 0.15) is 80.1 Å². The van der Waals surface area contributed by atoms with Crippen molar-refractivity contribution in [3.05, 3.63) is 36.0 Å². The van der Waals surface area contributed by atoms with E-state index >= 15 is 0 Å². The van der Waals surface area contributed by atoms with E-state index < -0.39 is 11.2 Å². The first-order valence-electron chi connectivity index (χ1n) is 12.7. The first-order chi connectivity index (χ1) is 14.6. The minimum atomic E-state index is -0.507. The maximum Gasteiger partial charge on any atom is 0.147 e. The highest BCUT2D eigenvalue weighted by atomic mass is 17.2. The zero-order chi connectivity index (χ0) is 22.2. The van der Waals surface area contributed by atoms with E-state index in [1.807, 2.05) is 0 Å². The van der Waals surface area contributed by atoms with Crippen LogP contribution in [0.15, 0.2) is 36.0 Å². The summed E-state index contributed by atoms with van der Waals surface area (Å²) in [6.07, 6.45) is 17.8. The van der Waals surface area contributed by atoms with Gasteiger partial charge in [-0.25, -0.2) is 9.78 Å². The molecule has 0 amide bonds. The van der Waals surface area contributed by atoms with E-state index in [9.17, 15) is 5.11 Å². The Bertz CT molecular complexity index is 826. The molecule has 4 aliphatic carbocycles. The SMILES string of the molecule is CC(C)C(C)/C=C/[C@@H](C)[C@H]1CC[C@@H]2[C@]1(C)CC=C1[C@]23C=C[C@]2(C[C@@H](O)CC[C@]12C)OO3. The summed E-state index contributed by atoms with van der Waals surface area (Å²) in [5.74, 6) is 2.98. The predicted octanol–water partition coefficient (Wildman–Crippen LogP) is 6.39. The van der Waals surface area contributed by atoms with Gasteiger partial charge in [0.2, 0.25) is 0 Å². The molecule has 6 rings (SSSR count). The maximum absolute atomic E-state index is 10.4. The van der Waals surface area contributed by atoms with Gasteiger partial charge in [0.25, 0.3) is 0 Å². The van der Waals surface area contributed by atoms with Gasteiger partial charge in [-0.1, -0.05) is 59.8 Å². The number of hydrogen-bond donors (Lipinski definition) is 1. The first-order valence-corrected chi connectivity index (χ1v) is 12.7. The molecule has 3 heteroatoms. The largest absolute Gasteiger partial charge is 0.393 e. The Hall–Kier alpha value is -0.900. The van der Waals surface area contributed by atoms with Crippen molar-refractivity contribution in [3.63, 3.8) is 0 Å². The highest BCUT2D eigenvalue weighted by Crippen LogP contribution is 2.71. The zero-order valence-electron chi connectivity index (χ0n) is 20.4. The van der Waals surface area contributed by atoms with Crippen molar-refractivity contribution >= 4 is 0 Å². The fourth-order valence-corrected chi connectivity index (χ4v) is 8.01. The average molecular weight is 427 g/mol. The van der Waals surface area contributed by atoms with Crippen LogP contribution in [0.5, 0.6) is 0 Å². The van der Waals surface area contributed by atoms with Gasteiger partial charge in [0.1, 0.15) is 11.2 Å². The van der Waals surface area contributed by atoms with Crippen LogP contribution >= 0.6 is 0 Å². The molecule has 2 saturated carbocycles. The molecule has 1 saturated heterocycles. The molecule has 3 nitrogen and oxygen atoms in total. The van der Waals surface area contributed by atoms with Crippen LogP contribution in [0.25, 0.3) is 0 Å². The second kappa shape index (κ2) is 7.05. The number of aliphatic hydroxyl groups is 1. The number of aliphatic hydroxyl groups excluding tert-OH is 1. The Morgan fingerprint density at radius 1 is 1.03 bits per heavy atom. The summed E-state index contributed by atoms with van der Waals surface area (Å²) in [7, 11) is 0. The highest BCUT2D eigenvalue weighted by molar-refractivity contribution is 5.48. The summed E-state index contributed by atoms with van der Waals surface area (Å²) in [5, 5.41) is 10.4. The lowest BCUT2D eigenvalue weighted by molar-refractivity contribution is -0.455. The van der Waals surface area contributed by atoms with Gasteiger partial charge < -0.3 is 5.11 Å². The van der Waals surface area contributed by atoms with Crippen molar-refractivity contribution in [1.82, 2.24) is 0 Å². The molecule has 172 valence electrons. The number of fused-ring (bicyclic) bond motifs is 2. The summed E-state index contributed by atoms with van der Waals surface area (Å²) in [6.45, 7) is 14.2. The molecule has 1 unspecified atom stereocenters. The van der Waals surface area contributed by atoms with Gasteiger partial charge >= 0.3 is 0 Å². The number of hydrogen-bond acceptors (Lipinski definition) is 3. The summed E-state index contributed by atoms with van der Waals surface area (Å²) in [6, 6.07) is 0. The van der Waals surface area contributed by atoms with Crippen LogP contribution in [-0.2, 0) is 9.78 Å². The third-order valence-corrected chi connectivity index (χ3v) is 10.5. The Labute approximate surface area is 188 Å². The van der Waals surface area contributed by atoms with Crippen molar-refractivity contribution in [2.45, 2.75) is 97.4 Å². The van der Waals surface area contributed by atoms with Gasteiger partial charge in [0, 0.05) is 17.8 Å². The van der Waals surface area contributed by atoms with Crippen molar-refractivity contribution in [3.8, 4) is 0 Å². The Kier molecular flexibility index (Phi) is 4.98. The van der Waals surface area contributed by atoms with Gasteiger partial charge in [0.05, 0.1) is 6.10 Å². The summed E-state index contributed by atoms with van der Waals surface area (Å²) < 4.78 is 0. The molecule has 2 aliphatic heterocycles. The average Bonchev–Trinajstić information content (AvgIpc) is 3.09. The summed E-state index contributed by atoms with van der Waals surface area (Å²) >= 11 is 0. The molecule has 31 heavy (non-hydrogen) atoms. The van der Waals surface area contributed by atoms with E-state index in [-0.39, 0.29) is 16.9 Å². The molecule has 0 radical (unpaired) electrons. The van der Waals surface area contributed by atoms with Gasteiger partial charge in [-0.05, 0) is 78.9 Å². The number of allylic oxidation sites excluding steroid dienone is 3. The van der Waals surface area contributed by atoms with E-state index in [0.29, 0.717) is 36.0 Å². The highest BCUT2D eigenvalue weighted by Gasteiger charge is 2.71. The number of rotatable bonds is 4. The van der Waals surface area contributed by atoms with Gasteiger partial charge in [-0.2, -0.15) is 0 Å². The molecular formula is C28H42O3. The molecule has 0 aromatic heterocycles. The standard InChI is InChI=1S/C28H42O3/c1-18(2)19(3)7-8-20(4)22-9-10-23-25(22,5)13-12-24-26(6)14-11-21(29)17-27(26)15-16-28(23,24)31-30-27/h7-8,12,15-16,18-23,29H,9-11,13-14,17H2,1-6H3/b8-7+/t19?,20-,21+,22-,23-,25-,26-,27-,28+/m1/s1. The second-order valence-electron chi connectivity index (χ2n) is 12.3. The fraction of sp³-hybridized carbons (Fsp3) is 0.786. The third kappa shape index (κ3) is 2.82. The third-order valence-electron chi connectivity index (χ3n) is 10.5. The molecule has 9 atom stereocenters. The smallest absolute Gasteiger partial charge is 0.147 e. The van der Waals surface area contributed by atoms with E-state index in [0.717, 1.165) is 19.3 Å². The maximum atomic E-state index is 10.4. The van der Waals surface area contributed by atoms with E-state index in [1.165, 1.54) is 18.4 Å². The van der Waals surface area contributed by atoms with Crippen LogP contribution in [0, 0.1) is 40.4 Å². The normalized spacial score (nSPS) is 50.2. The molecule has 2 spiro atoms. The monoisotopic (exact) mass is 426 g/mol. The molecule has 2 heterocycles. The van der Waals surface area contributed by atoms with Crippen molar-refractivity contribution in [2.75, 3.05) is 0 Å². The van der Waals surface area contributed by atoms with E-state index in [4.69, 9.17) is 9.78 Å². The van der Waals surface area contributed by atoms with E-state index in [2.05, 4.69) is 71.9 Å². The summed E-state index contributed by atoms with van der Waals surface area (Å²) in [5.41, 5.74) is 0.656. The van der Waals surface area contributed by atoms with Crippen LogP contribution in [0.2, 0.25) is 0 Å². The lowest BCUT2D eigenvalue weighted by Gasteiger charge is -2.66. The zero-order valence-corrected chi connectivity index (χ0v) is 20.4. The predicted molar refractivity (Wildman–Crippen MR) is 124 cm³/mol. The Morgan fingerprint density at radius 2 is 1.81 bits per heavy atom. The van der Waals surface area contributed by atoms with Crippen LogP contribution < -0.4 is 0 Å². The quantitative estimate of drug-likeness (QED) is 0.418. The van der Waals surface area contributed by atoms with Crippen molar-refractivity contribution < 1.29 is 14.9 Å². The lowest BCUT2D eigenvalue weighted by atomic mass is 9.47. The van der Waals surface area contributed by atoms with Crippen molar-refractivity contribution in [2.24, 2.45) is 40.4 Å². The first kappa shape index (κ1) is 21.9. The molecule has 1 N–H and O–H groups in total. The van der Waals surface area contributed by atoms with Crippen LogP contribution in [0.4, 0.5) is 0 Å². The molecule has 0 aromatic rings. The minimum absolute atomic E-state index is 0.0726. The minimum Gasteiger partial charge on any atom is -0.393 e. The molecular weight excluding hydrogens is 384 g/mol. The van der Waals surface area contributed by atoms with Crippen LogP contribution in [-0.4, -0.2) is 22.4 Å². The van der Waals surface area contributed by atoms with E-state index in [1.54, 1.807) is 0 Å². The van der Waals surface area contributed by atoms with Crippen molar-refractivity contribution in [1.29, 1.82) is 0 Å². The second-order valence-corrected chi connectivity index (χ2v) is 12.3. The lowest BCUT2D eigenvalue weighted by Crippen LogP contribution is -2.69. The van der Waals surface area contributed by atoms with Crippen LogP contribution in [0.3, 0.4) is 0 Å². The summed E-state index contributed by atoms with van der Waals surface area (Å²) in [4.78, 5) is 12.6. The van der Waals surface area contributed by atoms with Gasteiger partial charge in [-0.3, -0.25) is 0 Å². The molecule has 2 bridgehead atoms. The Morgan fingerprint density at radius 3 is 2.48 bits per heavy atom. The molecule has 0 aromatic carbocycles.